The number of benzene rings is 1. The van der Waals surface area contributed by atoms with Crippen molar-refractivity contribution in [2.45, 2.75) is 6.10 Å². The molecule has 0 radical (unpaired) electrons. The van der Waals surface area contributed by atoms with Gasteiger partial charge in [-0.05, 0) is 29.5 Å². The summed E-state index contributed by atoms with van der Waals surface area (Å²) >= 11 is 0. The number of anilines is 1. The Morgan fingerprint density at radius 1 is 1.32 bits per heavy atom. The summed E-state index contributed by atoms with van der Waals surface area (Å²) in [7, 11) is 1.65. The first kappa shape index (κ1) is 27.0. The fraction of sp³-hybridized carbons (Fsp3) is 0.238. The topological polar surface area (TPSA) is 172 Å². The van der Waals surface area contributed by atoms with E-state index >= 15 is 0 Å². The van der Waals surface area contributed by atoms with Crippen molar-refractivity contribution in [1.82, 2.24) is 25.2 Å². The molecule has 37 heavy (non-hydrogen) atoms. The van der Waals surface area contributed by atoms with Crippen LogP contribution in [0.3, 0.4) is 0 Å². The molecular formula is C21H20F3N7O6. The number of hydrogen-bond donors (Lipinski definition) is 1. The van der Waals surface area contributed by atoms with E-state index in [9.17, 15) is 22.8 Å². The molecule has 2 aromatic heterocycles. The molecule has 1 aromatic carbocycles. The van der Waals surface area contributed by atoms with Crippen LogP contribution >= 0.6 is 0 Å². The van der Waals surface area contributed by atoms with Crippen LogP contribution in [-0.2, 0) is 26.2 Å². The molecule has 1 atom stereocenters. The van der Waals surface area contributed by atoms with Crippen LogP contribution in [0.15, 0.2) is 48.9 Å². The van der Waals surface area contributed by atoms with E-state index in [4.69, 9.17) is 14.7 Å². The predicted octanol–water partition coefficient (Wildman–Crippen LogP) is 0.205. The lowest BCUT2D eigenvalue weighted by Gasteiger charge is -2.14. The summed E-state index contributed by atoms with van der Waals surface area (Å²) < 4.78 is 46.1. The molecule has 196 valence electrons. The molecule has 0 spiro atoms. The van der Waals surface area contributed by atoms with E-state index in [2.05, 4.69) is 31.0 Å². The number of esters is 1. The number of hydrogen-bond acceptors (Lipinski definition) is 10. The van der Waals surface area contributed by atoms with Gasteiger partial charge in [-0.1, -0.05) is 6.07 Å². The van der Waals surface area contributed by atoms with E-state index in [1.807, 2.05) is 0 Å². The summed E-state index contributed by atoms with van der Waals surface area (Å²) in [5.74, 6) is -0.642. The summed E-state index contributed by atoms with van der Waals surface area (Å²) in [6.07, 6.45) is -2.05. The first-order chi connectivity index (χ1) is 17.7. The molecule has 3 aromatic rings. The van der Waals surface area contributed by atoms with E-state index < -0.39 is 30.1 Å². The smallest absolute Gasteiger partial charge is 0.414 e. The second kappa shape index (κ2) is 12.4. The maximum absolute atomic E-state index is 14.8. The van der Waals surface area contributed by atoms with E-state index in [1.165, 1.54) is 22.0 Å². The third-order valence-electron chi connectivity index (χ3n) is 4.72. The van der Waals surface area contributed by atoms with Crippen LogP contribution in [-0.4, -0.2) is 63.1 Å². The molecule has 1 amide bonds. The maximum atomic E-state index is 14.8. The van der Waals surface area contributed by atoms with Crippen molar-refractivity contribution in [3.8, 4) is 22.6 Å². The minimum atomic E-state index is -2.12. The van der Waals surface area contributed by atoms with Crippen molar-refractivity contribution in [2.24, 2.45) is 7.05 Å². The van der Waals surface area contributed by atoms with Gasteiger partial charge in [0.05, 0.1) is 19.3 Å². The number of rotatable bonds is 7. The number of amides is 1. The van der Waals surface area contributed by atoms with Crippen LogP contribution in [0.5, 0.6) is 0 Å². The molecule has 1 fully saturated rings. The molecule has 3 heterocycles. The molecule has 13 nitrogen and oxygen atoms in total. The minimum absolute atomic E-state index is 0.0118. The number of aryl methyl sites for hydroxylation is 1. The SMILES string of the molecule is Cn1nnc(-c2ccc(-c3ccc(N4C[C@H](COC(=O)C[NH3+])OC4=O)cc3F)cn2)n1.[O-]OC=C(F)F. The van der Waals surface area contributed by atoms with Crippen molar-refractivity contribution in [3.05, 3.63) is 54.7 Å². The third-order valence-corrected chi connectivity index (χ3v) is 4.72. The maximum Gasteiger partial charge on any atom is 0.414 e. The van der Waals surface area contributed by atoms with Crippen molar-refractivity contribution in [3.63, 3.8) is 0 Å². The Morgan fingerprint density at radius 2 is 2.11 bits per heavy atom. The summed E-state index contributed by atoms with van der Waals surface area (Å²) in [5, 5.41) is 20.4. The Kier molecular flexibility index (Phi) is 9.06. The van der Waals surface area contributed by atoms with Crippen LogP contribution in [0, 0.1) is 5.82 Å². The van der Waals surface area contributed by atoms with Crippen LogP contribution in [0.25, 0.3) is 22.6 Å². The fourth-order valence-electron chi connectivity index (χ4n) is 3.09. The van der Waals surface area contributed by atoms with Crippen LogP contribution in [0.1, 0.15) is 0 Å². The predicted molar refractivity (Wildman–Crippen MR) is 115 cm³/mol. The zero-order chi connectivity index (χ0) is 26.9. The first-order valence-corrected chi connectivity index (χ1v) is 10.4. The fourth-order valence-corrected chi connectivity index (χ4v) is 3.09. The van der Waals surface area contributed by atoms with Gasteiger partial charge in [-0.3, -0.25) is 9.88 Å². The minimum Gasteiger partial charge on any atom is -0.664 e. The summed E-state index contributed by atoms with van der Waals surface area (Å²) in [6.45, 7) is 0.0569. The molecule has 16 heteroatoms. The number of nitrogens with zero attached hydrogens (tertiary/aromatic N) is 6. The van der Waals surface area contributed by atoms with Crippen molar-refractivity contribution in [2.75, 3.05) is 24.6 Å². The van der Waals surface area contributed by atoms with Gasteiger partial charge >= 0.3 is 18.1 Å². The van der Waals surface area contributed by atoms with Crippen molar-refractivity contribution < 1.29 is 48.1 Å². The van der Waals surface area contributed by atoms with Gasteiger partial charge in [0, 0.05) is 17.3 Å². The van der Waals surface area contributed by atoms with Crippen molar-refractivity contribution in [1.29, 1.82) is 0 Å². The van der Waals surface area contributed by atoms with Gasteiger partial charge in [0.25, 0.3) is 0 Å². The second-order valence-corrected chi connectivity index (χ2v) is 7.25. The lowest BCUT2D eigenvalue weighted by atomic mass is 10.1. The standard InChI is InChI=1S/C19H18FN7O4.C2H2F2O2/c1-26-24-18(23-25-26)16-5-2-11(8-22-16)14-4-3-12(6-15(14)20)27-9-13(31-19(27)29)10-30-17(28)7-21;3-2(4)1-6-5/h2-6,8,13H,7,9-10,21H2,1H3;1,5H/t13-;/m1./s1. The van der Waals surface area contributed by atoms with Gasteiger partial charge in [0.15, 0.2) is 12.6 Å². The van der Waals surface area contributed by atoms with E-state index in [0.717, 1.165) is 0 Å². The molecule has 0 aliphatic carbocycles. The van der Waals surface area contributed by atoms with Gasteiger partial charge in [-0.15, -0.1) is 10.2 Å². The third kappa shape index (κ3) is 7.21. The van der Waals surface area contributed by atoms with Crippen LogP contribution in [0.2, 0.25) is 0 Å². The van der Waals surface area contributed by atoms with E-state index in [1.54, 1.807) is 31.3 Å². The Balaban J connectivity index is 0.000000568. The second-order valence-electron chi connectivity index (χ2n) is 7.25. The molecule has 4 rings (SSSR count). The van der Waals surface area contributed by atoms with Gasteiger partial charge in [0.2, 0.25) is 5.82 Å². The summed E-state index contributed by atoms with van der Waals surface area (Å²) in [4.78, 5) is 32.9. The Morgan fingerprint density at radius 3 is 2.65 bits per heavy atom. The van der Waals surface area contributed by atoms with Gasteiger partial charge in [-0.25, -0.2) is 14.0 Å². The quantitative estimate of drug-likeness (QED) is 0.195. The highest BCUT2D eigenvalue weighted by Crippen LogP contribution is 2.29. The molecule has 1 aliphatic rings. The van der Waals surface area contributed by atoms with Crippen molar-refractivity contribution >= 4 is 17.7 Å². The molecule has 0 bridgehead atoms. The highest BCUT2D eigenvalue weighted by Gasteiger charge is 2.33. The highest BCUT2D eigenvalue weighted by molar-refractivity contribution is 5.90. The normalized spacial score (nSPS) is 14.4. The van der Waals surface area contributed by atoms with Gasteiger partial charge in [0.1, 0.15) is 24.4 Å². The number of cyclic esters (lactones) is 1. The average Bonchev–Trinajstić information content (AvgIpc) is 3.48. The highest BCUT2D eigenvalue weighted by atomic mass is 19.3. The molecule has 1 aliphatic heterocycles. The molecule has 1 saturated heterocycles. The molecule has 0 saturated carbocycles. The zero-order valence-electron chi connectivity index (χ0n) is 19.2. The van der Waals surface area contributed by atoms with Crippen LogP contribution in [0.4, 0.5) is 23.7 Å². The van der Waals surface area contributed by atoms with Crippen LogP contribution < -0.4 is 15.9 Å². The lowest BCUT2D eigenvalue weighted by Crippen LogP contribution is -2.54. The summed E-state index contributed by atoms with van der Waals surface area (Å²) in [6, 6.07) is 7.80. The van der Waals surface area contributed by atoms with E-state index in [-0.39, 0.29) is 26.0 Å². The Labute approximate surface area is 206 Å². The van der Waals surface area contributed by atoms with Gasteiger partial charge in [-0.2, -0.15) is 13.6 Å². The number of carbonyl (C=O) groups excluding carboxylic acids is 2. The number of aromatic nitrogens is 5. The molecule has 3 N–H and O–H groups in total. The Hall–Kier alpha value is -4.57. The number of pyridine rings is 1. The molecule has 0 unspecified atom stereocenters. The number of tetrazole rings is 1. The summed E-state index contributed by atoms with van der Waals surface area (Å²) in [5.41, 5.74) is 5.15. The lowest BCUT2D eigenvalue weighted by molar-refractivity contribution is -0.666. The van der Waals surface area contributed by atoms with Gasteiger partial charge < -0.3 is 25.4 Å². The number of carbonyl (C=O) groups is 2. The van der Waals surface area contributed by atoms with E-state index in [0.29, 0.717) is 28.3 Å². The number of quaternary nitrogens is 1. The molecular weight excluding hydrogens is 503 g/mol. The monoisotopic (exact) mass is 523 g/mol. The largest absolute Gasteiger partial charge is 0.664 e. The first-order valence-electron chi connectivity index (χ1n) is 10.4. The zero-order valence-corrected chi connectivity index (χ0v) is 19.2. The Bertz CT molecular complexity index is 1270. The average molecular weight is 523 g/mol. The number of halogens is 3. The number of ether oxygens (including phenoxy) is 2.